The van der Waals surface area contributed by atoms with Gasteiger partial charge in [0.2, 0.25) is 0 Å². The SMILES string of the molecule is CC1CCc2c(sc3[nH]c(=S)n(-c4ccccc4F)c(=O)c23)C1. The minimum Gasteiger partial charge on any atom is -0.323 e. The maximum Gasteiger partial charge on any atom is 0.268 e. The predicted octanol–water partition coefficient (Wildman–Crippen LogP) is 4.37. The molecular weight excluding hydrogens is 331 g/mol. The van der Waals surface area contributed by atoms with Crippen LogP contribution in [0, 0.1) is 16.5 Å². The van der Waals surface area contributed by atoms with Crippen LogP contribution in [0.2, 0.25) is 0 Å². The van der Waals surface area contributed by atoms with Crippen LogP contribution in [0.5, 0.6) is 0 Å². The monoisotopic (exact) mass is 346 g/mol. The fourth-order valence-electron chi connectivity index (χ4n) is 3.27. The molecule has 0 bridgehead atoms. The number of nitrogens with zero attached hydrogens (tertiary/aromatic N) is 1. The Kier molecular flexibility index (Phi) is 3.46. The molecule has 2 heterocycles. The number of halogens is 1. The number of hydrogen-bond acceptors (Lipinski definition) is 3. The summed E-state index contributed by atoms with van der Waals surface area (Å²) in [4.78, 5) is 18.2. The number of rotatable bonds is 1. The molecule has 0 fully saturated rings. The van der Waals surface area contributed by atoms with E-state index in [0.29, 0.717) is 11.3 Å². The van der Waals surface area contributed by atoms with E-state index in [1.54, 1.807) is 29.5 Å². The Morgan fingerprint density at radius 3 is 2.96 bits per heavy atom. The van der Waals surface area contributed by atoms with E-state index >= 15 is 0 Å². The van der Waals surface area contributed by atoms with E-state index in [9.17, 15) is 9.18 Å². The number of thiophene rings is 1. The predicted molar refractivity (Wildman–Crippen MR) is 93.8 cm³/mol. The zero-order valence-corrected chi connectivity index (χ0v) is 14.2. The van der Waals surface area contributed by atoms with Crippen molar-refractivity contribution in [3.8, 4) is 5.69 Å². The third kappa shape index (κ3) is 2.28. The van der Waals surface area contributed by atoms with Crippen molar-refractivity contribution >= 4 is 33.8 Å². The molecule has 23 heavy (non-hydrogen) atoms. The van der Waals surface area contributed by atoms with Gasteiger partial charge in [-0.05, 0) is 55.1 Å². The zero-order valence-electron chi connectivity index (χ0n) is 12.6. The second kappa shape index (κ2) is 5.39. The first kappa shape index (κ1) is 14.8. The molecule has 0 aliphatic heterocycles. The molecule has 0 saturated heterocycles. The minimum atomic E-state index is -0.453. The van der Waals surface area contributed by atoms with E-state index in [4.69, 9.17) is 12.2 Å². The molecule has 4 rings (SSSR count). The summed E-state index contributed by atoms with van der Waals surface area (Å²) in [6.07, 6.45) is 2.97. The Labute approximate surface area is 141 Å². The number of aromatic amines is 1. The van der Waals surface area contributed by atoms with Crippen LogP contribution in [0.4, 0.5) is 4.39 Å². The first-order chi connectivity index (χ1) is 11.1. The van der Waals surface area contributed by atoms with Crippen molar-refractivity contribution in [1.29, 1.82) is 0 Å². The summed E-state index contributed by atoms with van der Waals surface area (Å²) < 4.78 is 15.6. The van der Waals surface area contributed by atoms with Gasteiger partial charge in [-0.3, -0.25) is 4.79 Å². The highest BCUT2D eigenvalue weighted by molar-refractivity contribution is 7.71. The number of para-hydroxylation sites is 1. The number of nitrogens with one attached hydrogen (secondary N) is 1. The summed E-state index contributed by atoms with van der Waals surface area (Å²) in [6, 6.07) is 6.22. The molecule has 0 radical (unpaired) electrons. The van der Waals surface area contributed by atoms with E-state index in [1.165, 1.54) is 15.5 Å². The van der Waals surface area contributed by atoms with Crippen LogP contribution in [0.1, 0.15) is 23.8 Å². The molecule has 6 heteroatoms. The van der Waals surface area contributed by atoms with Gasteiger partial charge in [-0.25, -0.2) is 8.96 Å². The topological polar surface area (TPSA) is 37.8 Å². The molecule has 1 aliphatic rings. The Balaban J connectivity index is 2.07. The van der Waals surface area contributed by atoms with Crippen LogP contribution in [0.3, 0.4) is 0 Å². The van der Waals surface area contributed by atoms with Crippen molar-refractivity contribution in [3.63, 3.8) is 0 Å². The fraction of sp³-hybridized carbons (Fsp3) is 0.294. The molecule has 1 aromatic carbocycles. The highest BCUT2D eigenvalue weighted by Gasteiger charge is 2.23. The molecule has 0 amide bonds. The van der Waals surface area contributed by atoms with Crippen molar-refractivity contribution in [3.05, 3.63) is 55.6 Å². The van der Waals surface area contributed by atoms with Gasteiger partial charge in [-0.1, -0.05) is 19.1 Å². The molecule has 1 aliphatic carbocycles. The normalized spacial score (nSPS) is 17.4. The van der Waals surface area contributed by atoms with Crippen LogP contribution in [-0.4, -0.2) is 9.55 Å². The number of aromatic nitrogens is 2. The molecule has 3 aromatic rings. The van der Waals surface area contributed by atoms with Gasteiger partial charge in [0.25, 0.3) is 5.56 Å². The molecule has 0 saturated carbocycles. The maximum absolute atomic E-state index is 14.1. The molecular formula is C17H15FN2OS2. The highest BCUT2D eigenvalue weighted by atomic mass is 32.1. The average molecular weight is 346 g/mol. The third-order valence-corrected chi connectivity index (χ3v) is 5.90. The first-order valence-electron chi connectivity index (χ1n) is 7.60. The Morgan fingerprint density at radius 2 is 2.17 bits per heavy atom. The second-order valence-corrected chi connectivity index (χ2v) is 7.57. The molecule has 2 aromatic heterocycles. The average Bonchev–Trinajstić information content (AvgIpc) is 2.86. The van der Waals surface area contributed by atoms with Crippen molar-refractivity contribution in [2.45, 2.75) is 26.2 Å². The van der Waals surface area contributed by atoms with Gasteiger partial charge in [0.15, 0.2) is 4.77 Å². The van der Waals surface area contributed by atoms with Crippen LogP contribution in [0.25, 0.3) is 15.9 Å². The maximum atomic E-state index is 14.1. The smallest absolute Gasteiger partial charge is 0.268 e. The van der Waals surface area contributed by atoms with Crippen LogP contribution in [-0.2, 0) is 12.8 Å². The number of H-pyrrole nitrogens is 1. The lowest BCUT2D eigenvalue weighted by Gasteiger charge is -2.17. The van der Waals surface area contributed by atoms with Gasteiger partial charge in [0, 0.05) is 4.88 Å². The molecule has 1 unspecified atom stereocenters. The Hall–Kier alpha value is -1.79. The Morgan fingerprint density at radius 1 is 1.39 bits per heavy atom. The minimum absolute atomic E-state index is 0.199. The second-order valence-electron chi connectivity index (χ2n) is 6.08. The summed E-state index contributed by atoms with van der Waals surface area (Å²) in [5, 5.41) is 0.675. The lowest BCUT2D eigenvalue weighted by atomic mass is 9.89. The Bertz CT molecular complexity index is 1030. The number of aryl methyl sites for hydroxylation is 1. The van der Waals surface area contributed by atoms with Gasteiger partial charge in [0.05, 0.1) is 11.1 Å². The van der Waals surface area contributed by atoms with E-state index in [-0.39, 0.29) is 16.0 Å². The van der Waals surface area contributed by atoms with Gasteiger partial charge in [0.1, 0.15) is 10.6 Å². The molecule has 1 N–H and O–H groups in total. The quantitative estimate of drug-likeness (QED) is 0.664. The molecule has 3 nitrogen and oxygen atoms in total. The van der Waals surface area contributed by atoms with Gasteiger partial charge in [-0.2, -0.15) is 0 Å². The van der Waals surface area contributed by atoms with Crippen LogP contribution < -0.4 is 5.56 Å². The third-order valence-electron chi connectivity index (χ3n) is 4.45. The van der Waals surface area contributed by atoms with E-state index in [2.05, 4.69) is 11.9 Å². The largest absolute Gasteiger partial charge is 0.323 e. The number of hydrogen-bond donors (Lipinski definition) is 1. The molecule has 0 spiro atoms. The van der Waals surface area contributed by atoms with Crippen LogP contribution >= 0.6 is 23.6 Å². The number of fused-ring (bicyclic) bond motifs is 3. The van der Waals surface area contributed by atoms with Crippen molar-refractivity contribution in [2.24, 2.45) is 5.92 Å². The molecule has 118 valence electrons. The fourth-order valence-corrected chi connectivity index (χ4v) is 5.02. The summed E-state index contributed by atoms with van der Waals surface area (Å²) in [7, 11) is 0. The summed E-state index contributed by atoms with van der Waals surface area (Å²) >= 11 is 6.93. The van der Waals surface area contributed by atoms with E-state index in [1.807, 2.05) is 0 Å². The van der Waals surface area contributed by atoms with Gasteiger partial charge >= 0.3 is 0 Å². The lowest BCUT2D eigenvalue weighted by Crippen LogP contribution is -2.22. The van der Waals surface area contributed by atoms with Crippen molar-refractivity contribution in [1.82, 2.24) is 9.55 Å². The summed E-state index contributed by atoms with van der Waals surface area (Å²) in [5.41, 5.74) is 1.09. The molecule has 1 atom stereocenters. The first-order valence-corrected chi connectivity index (χ1v) is 8.83. The lowest BCUT2D eigenvalue weighted by molar-refractivity contribution is 0.509. The van der Waals surface area contributed by atoms with Crippen LogP contribution in [0.15, 0.2) is 29.1 Å². The summed E-state index contributed by atoms with van der Waals surface area (Å²) in [6.45, 7) is 2.23. The number of benzene rings is 1. The van der Waals surface area contributed by atoms with E-state index in [0.717, 1.165) is 29.7 Å². The van der Waals surface area contributed by atoms with Crippen molar-refractivity contribution < 1.29 is 4.39 Å². The zero-order chi connectivity index (χ0) is 16.1. The standard InChI is InChI=1S/C17H15FN2OS2/c1-9-6-7-10-13(8-9)23-15-14(10)16(21)20(17(22)19-15)12-5-3-2-4-11(12)18/h2-5,9H,6-8H2,1H3,(H,19,22). The van der Waals surface area contributed by atoms with E-state index < -0.39 is 5.82 Å². The van der Waals surface area contributed by atoms with Crippen molar-refractivity contribution in [2.75, 3.05) is 0 Å². The summed E-state index contributed by atoms with van der Waals surface area (Å²) in [5.74, 6) is 0.179. The highest BCUT2D eigenvalue weighted by Crippen LogP contribution is 2.35. The van der Waals surface area contributed by atoms with Gasteiger partial charge in [-0.15, -0.1) is 11.3 Å². The van der Waals surface area contributed by atoms with Gasteiger partial charge < -0.3 is 4.98 Å².